The molecule has 0 heterocycles. The Morgan fingerprint density at radius 2 is 1.04 bits per heavy atom. The number of benzene rings is 3. The molecule has 0 saturated carbocycles. The number of hydrogen-bond donors (Lipinski definition) is 1. The molecule has 119 valence electrons. The number of guanidine groups is 1. The zero-order chi connectivity index (χ0) is 15.2. The first kappa shape index (κ1) is 16.8. The third-order valence-corrected chi connectivity index (χ3v) is 3.26. The van der Waals surface area contributed by atoms with Crippen LogP contribution in [0.5, 0.6) is 0 Å². The van der Waals surface area contributed by atoms with Crippen LogP contribution in [-0.2, 0) is 17.1 Å². The van der Waals surface area contributed by atoms with Gasteiger partial charge in [0.15, 0.2) is 0 Å². The van der Waals surface area contributed by atoms with E-state index in [1.54, 1.807) is 0 Å². The third kappa shape index (κ3) is 4.22. The Morgan fingerprint density at radius 3 is 1.48 bits per heavy atom. The molecule has 0 aliphatic carbocycles. The van der Waals surface area contributed by atoms with Crippen LogP contribution in [-0.4, -0.2) is 5.96 Å². The number of nitrogens with zero attached hydrogens (tertiary/aromatic N) is 2. The van der Waals surface area contributed by atoms with E-state index in [4.69, 9.17) is 5.73 Å². The summed E-state index contributed by atoms with van der Waals surface area (Å²) in [6.07, 6.45) is 0. The average Bonchev–Trinajstić information content (AvgIpc) is 2.58. The summed E-state index contributed by atoms with van der Waals surface area (Å²) in [4.78, 5) is 6.47. The second kappa shape index (κ2) is 8.18. The van der Waals surface area contributed by atoms with E-state index in [-0.39, 0.29) is 17.1 Å². The van der Waals surface area contributed by atoms with Crippen LogP contribution in [0.3, 0.4) is 0 Å². The van der Waals surface area contributed by atoms with Crippen molar-refractivity contribution < 1.29 is 17.1 Å². The molecule has 0 amide bonds. The maximum atomic E-state index is 6.29. The van der Waals surface area contributed by atoms with E-state index in [1.807, 2.05) is 95.9 Å². The first-order valence-corrected chi connectivity index (χ1v) is 7.14. The second-order valence-electron chi connectivity index (χ2n) is 4.81. The van der Waals surface area contributed by atoms with Gasteiger partial charge in [-0.15, -0.1) is 0 Å². The van der Waals surface area contributed by atoms with Crippen LogP contribution in [0.2, 0.25) is 0 Å². The van der Waals surface area contributed by atoms with Crippen molar-refractivity contribution in [1.82, 2.24) is 0 Å². The number of aliphatic imine (C=N–C) groups is 1. The molecule has 0 bridgehead atoms. The fraction of sp³-hybridized carbons (Fsp3) is 0. The van der Waals surface area contributed by atoms with Crippen LogP contribution >= 0.6 is 0 Å². The smallest absolute Gasteiger partial charge is 0.205 e. The summed E-state index contributed by atoms with van der Waals surface area (Å²) < 4.78 is 0. The molecule has 1 radical (unpaired) electrons. The van der Waals surface area contributed by atoms with Crippen LogP contribution in [0.4, 0.5) is 17.1 Å². The molecule has 3 aromatic rings. The predicted octanol–water partition coefficient (Wildman–Crippen LogP) is 4.47. The summed E-state index contributed by atoms with van der Waals surface area (Å²) in [5.41, 5.74) is 9.08. The Labute approximate surface area is 147 Å². The van der Waals surface area contributed by atoms with Gasteiger partial charge in [-0.25, -0.2) is 4.99 Å². The topological polar surface area (TPSA) is 41.6 Å². The molecule has 0 aliphatic rings. The molecule has 3 rings (SSSR count). The predicted molar refractivity (Wildman–Crippen MR) is 92.7 cm³/mol. The normalized spacial score (nSPS) is 10.7. The minimum absolute atomic E-state index is 0. The molecule has 23 heavy (non-hydrogen) atoms. The van der Waals surface area contributed by atoms with Crippen molar-refractivity contribution in [3.63, 3.8) is 0 Å². The van der Waals surface area contributed by atoms with Crippen molar-refractivity contribution in [2.75, 3.05) is 4.90 Å². The van der Waals surface area contributed by atoms with Gasteiger partial charge in [0.2, 0.25) is 5.96 Å². The number of hydrogen-bond acceptors (Lipinski definition) is 1. The molecule has 0 saturated heterocycles. The van der Waals surface area contributed by atoms with E-state index in [1.165, 1.54) is 0 Å². The minimum Gasteiger partial charge on any atom is -0.369 e. The number of anilines is 2. The SMILES string of the molecule is NC(=Nc1ccccc1)N(c1ccccc1)c1ccccc1.[Cu]. The Balaban J connectivity index is 0.00000192. The molecule has 0 spiro atoms. The molecule has 0 aromatic heterocycles. The molecule has 0 fully saturated rings. The molecule has 3 nitrogen and oxygen atoms in total. The summed E-state index contributed by atoms with van der Waals surface area (Å²) >= 11 is 0. The summed E-state index contributed by atoms with van der Waals surface area (Å²) in [6, 6.07) is 29.7. The van der Waals surface area contributed by atoms with Crippen LogP contribution in [0, 0.1) is 0 Å². The summed E-state index contributed by atoms with van der Waals surface area (Å²) in [6.45, 7) is 0. The van der Waals surface area contributed by atoms with Gasteiger partial charge in [0.05, 0.1) is 5.69 Å². The van der Waals surface area contributed by atoms with Gasteiger partial charge in [-0.1, -0.05) is 54.6 Å². The van der Waals surface area contributed by atoms with E-state index < -0.39 is 0 Å². The Bertz CT molecular complexity index is 704. The zero-order valence-corrected chi connectivity index (χ0v) is 13.4. The Kier molecular flexibility index (Phi) is 5.98. The van der Waals surface area contributed by atoms with Gasteiger partial charge in [0.25, 0.3) is 0 Å². The Morgan fingerprint density at radius 1 is 0.652 bits per heavy atom. The molecular formula is C19H17CuN3. The average molecular weight is 351 g/mol. The van der Waals surface area contributed by atoms with Crippen LogP contribution in [0.1, 0.15) is 0 Å². The number of rotatable bonds is 3. The summed E-state index contributed by atoms with van der Waals surface area (Å²) in [7, 11) is 0. The second-order valence-corrected chi connectivity index (χ2v) is 4.81. The third-order valence-electron chi connectivity index (χ3n) is 3.26. The van der Waals surface area contributed by atoms with Crippen LogP contribution in [0.25, 0.3) is 0 Å². The Hall–Kier alpha value is -2.55. The maximum Gasteiger partial charge on any atom is 0.205 e. The molecule has 0 atom stereocenters. The van der Waals surface area contributed by atoms with Crippen LogP contribution < -0.4 is 10.6 Å². The largest absolute Gasteiger partial charge is 0.369 e. The van der Waals surface area contributed by atoms with Gasteiger partial charge in [-0.2, -0.15) is 0 Å². The summed E-state index contributed by atoms with van der Waals surface area (Å²) in [5.74, 6) is 0.434. The van der Waals surface area contributed by atoms with Crippen molar-refractivity contribution >= 4 is 23.0 Å². The first-order chi connectivity index (χ1) is 10.8. The van der Waals surface area contributed by atoms with Crippen molar-refractivity contribution in [3.05, 3.63) is 91.0 Å². The fourth-order valence-electron chi connectivity index (χ4n) is 2.25. The molecule has 0 aliphatic heterocycles. The quantitative estimate of drug-likeness (QED) is 0.430. The van der Waals surface area contributed by atoms with Crippen LogP contribution in [0.15, 0.2) is 96.0 Å². The van der Waals surface area contributed by atoms with Gasteiger partial charge in [0.1, 0.15) is 0 Å². The van der Waals surface area contributed by atoms with E-state index in [2.05, 4.69) is 4.99 Å². The number of nitrogens with two attached hydrogens (primary N) is 1. The monoisotopic (exact) mass is 350 g/mol. The minimum atomic E-state index is 0. The number of para-hydroxylation sites is 3. The molecule has 3 aromatic carbocycles. The molecule has 2 N–H and O–H groups in total. The fourth-order valence-corrected chi connectivity index (χ4v) is 2.25. The van der Waals surface area contributed by atoms with Gasteiger partial charge in [-0.05, 0) is 36.4 Å². The van der Waals surface area contributed by atoms with Gasteiger partial charge in [0, 0.05) is 28.4 Å². The molecular weight excluding hydrogens is 334 g/mol. The molecule has 0 unspecified atom stereocenters. The van der Waals surface area contributed by atoms with Gasteiger partial charge >= 0.3 is 0 Å². The maximum absolute atomic E-state index is 6.29. The van der Waals surface area contributed by atoms with Crippen molar-refractivity contribution in [3.8, 4) is 0 Å². The van der Waals surface area contributed by atoms with E-state index in [0.717, 1.165) is 17.1 Å². The molecule has 4 heteroatoms. The van der Waals surface area contributed by atoms with E-state index in [9.17, 15) is 0 Å². The van der Waals surface area contributed by atoms with E-state index in [0.29, 0.717) is 5.96 Å². The zero-order valence-electron chi connectivity index (χ0n) is 12.4. The van der Waals surface area contributed by atoms with Gasteiger partial charge in [-0.3, -0.25) is 4.90 Å². The van der Waals surface area contributed by atoms with E-state index >= 15 is 0 Å². The van der Waals surface area contributed by atoms with Crippen molar-refractivity contribution in [2.45, 2.75) is 0 Å². The van der Waals surface area contributed by atoms with Gasteiger partial charge < -0.3 is 5.73 Å². The first-order valence-electron chi connectivity index (χ1n) is 7.14. The van der Waals surface area contributed by atoms with Crippen molar-refractivity contribution in [2.24, 2.45) is 10.7 Å². The van der Waals surface area contributed by atoms with Crippen molar-refractivity contribution in [1.29, 1.82) is 0 Å². The standard InChI is InChI=1S/C19H17N3.Cu/c20-19(21-16-10-4-1-5-11-16)22(17-12-6-2-7-13-17)18-14-8-3-9-15-18;/h1-15H,(H2,20,21);. The summed E-state index contributed by atoms with van der Waals surface area (Å²) in [5, 5.41) is 0.